The first-order chi connectivity index (χ1) is 11.2. The van der Waals surface area contributed by atoms with Gasteiger partial charge in [-0.3, -0.25) is 4.79 Å². The molecular formula is C18H16N2O3. The van der Waals surface area contributed by atoms with Crippen molar-refractivity contribution in [3.05, 3.63) is 71.4 Å². The van der Waals surface area contributed by atoms with E-state index in [1.807, 2.05) is 49.4 Å². The Bertz CT molecular complexity index is 825. The molecule has 0 saturated carbocycles. The summed E-state index contributed by atoms with van der Waals surface area (Å²) in [5.74, 6) is 0.186. The summed E-state index contributed by atoms with van der Waals surface area (Å²) in [7, 11) is 0. The van der Waals surface area contributed by atoms with Crippen LogP contribution in [-0.4, -0.2) is 16.2 Å². The Hall–Kier alpha value is -2.92. The lowest BCUT2D eigenvalue weighted by Crippen LogP contribution is -2.13. The highest BCUT2D eigenvalue weighted by molar-refractivity contribution is 6.03. The van der Waals surface area contributed by atoms with Crippen molar-refractivity contribution >= 4 is 11.6 Å². The van der Waals surface area contributed by atoms with Gasteiger partial charge in [-0.1, -0.05) is 47.6 Å². The monoisotopic (exact) mass is 308 g/mol. The third-order valence-corrected chi connectivity index (χ3v) is 3.53. The van der Waals surface area contributed by atoms with E-state index in [0.29, 0.717) is 11.4 Å². The molecule has 0 atom stereocenters. The van der Waals surface area contributed by atoms with Crippen molar-refractivity contribution < 1.29 is 14.4 Å². The van der Waals surface area contributed by atoms with Crippen LogP contribution in [0.4, 0.5) is 5.69 Å². The van der Waals surface area contributed by atoms with E-state index in [0.717, 1.165) is 16.7 Å². The van der Waals surface area contributed by atoms with Crippen LogP contribution in [0.15, 0.2) is 59.1 Å². The van der Waals surface area contributed by atoms with Gasteiger partial charge in [-0.05, 0) is 24.1 Å². The Balaban J connectivity index is 1.81. The van der Waals surface area contributed by atoms with Gasteiger partial charge in [0.2, 0.25) is 0 Å². The van der Waals surface area contributed by atoms with E-state index in [1.54, 1.807) is 12.1 Å². The standard InChI is InChI=1S/C18H16N2O3/c1-12-7-8-13(11-21)9-15(12)19-18(22)16-10-17(23-20-16)14-5-3-2-4-6-14/h2-10,21H,11H2,1H3,(H,19,22). The number of hydrogen-bond acceptors (Lipinski definition) is 4. The Kier molecular flexibility index (Phi) is 4.21. The van der Waals surface area contributed by atoms with Crippen LogP contribution in [0, 0.1) is 6.92 Å². The average Bonchev–Trinajstić information content (AvgIpc) is 3.08. The maximum Gasteiger partial charge on any atom is 0.277 e. The predicted octanol–water partition coefficient (Wildman–Crippen LogP) is 3.39. The van der Waals surface area contributed by atoms with Gasteiger partial charge >= 0.3 is 0 Å². The molecule has 0 aliphatic rings. The molecule has 0 aliphatic heterocycles. The van der Waals surface area contributed by atoms with Gasteiger partial charge in [0.1, 0.15) is 0 Å². The van der Waals surface area contributed by atoms with E-state index in [4.69, 9.17) is 4.52 Å². The first-order valence-corrected chi connectivity index (χ1v) is 7.21. The fraction of sp³-hybridized carbons (Fsp3) is 0.111. The molecular weight excluding hydrogens is 292 g/mol. The molecule has 1 aromatic heterocycles. The predicted molar refractivity (Wildman–Crippen MR) is 87.0 cm³/mol. The van der Waals surface area contributed by atoms with Crippen LogP contribution in [-0.2, 0) is 6.61 Å². The van der Waals surface area contributed by atoms with Crippen molar-refractivity contribution in [1.82, 2.24) is 5.16 Å². The minimum absolute atomic E-state index is 0.0781. The lowest BCUT2D eigenvalue weighted by atomic mass is 10.1. The van der Waals surface area contributed by atoms with Crippen molar-refractivity contribution in [3.63, 3.8) is 0 Å². The molecule has 3 aromatic rings. The molecule has 0 bridgehead atoms. The zero-order valence-electron chi connectivity index (χ0n) is 12.6. The molecule has 5 nitrogen and oxygen atoms in total. The molecule has 3 rings (SSSR count). The molecule has 0 saturated heterocycles. The first-order valence-electron chi connectivity index (χ1n) is 7.21. The van der Waals surface area contributed by atoms with Crippen molar-refractivity contribution in [2.24, 2.45) is 0 Å². The maximum atomic E-state index is 12.3. The molecule has 2 N–H and O–H groups in total. The molecule has 0 radical (unpaired) electrons. The van der Waals surface area contributed by atoms with Gasteiger partial charge in [-0.25, -0.2) is 0 Å². The number of carbonyl (C=O) groups is 1. The third kappa shape index (κ3) is 3.30. The van der Waals surface area contributed by atoms with Gasteiger partial charge < -0.3 is 14.9 Å². The summed E-state index contributed by atoms with van der Waals surface area (Å²) in [5, 5.41) is 15.8. The van der Waals surface area contributed by atoms with E-state index in [1.165, 1.54) is 0 Å². The fourth-order valence-electron chi connectivity index (χ4n) is 2.21. The van der Waals surface area contributed by atoms with Crippen molar-refractivity contribution in [2.45, 2.75) is 13.5 Å². The number of aromatic nitrogens is 1. The van der Waals surface area contributed by atoms with Crippen LogP contribution < -0.4 is 5.32 Å². The minimum Gasteiger partial charge on any atom is -0.392 e. The summed E-state index contributed by atoms with van der Waals surface area (Å²) in [6.45, 7) is 1.81. The summed E-state index contributed by atoms with van der Waals surface area (Å²) in [6, 6.07) is 16.5. The molecule has 1 heterocycles. The molecule has 0 fully saturated rings. The zero-order valence-corrected chi connectivity index (χ0v) is 12.6. The van der Waals surface area contributed by atoms with Crippen molar-refractivity contribution in [1.29, 1.82) is 0 Å². The van der Waals surface area contributed by atoms with Crippen LogP contribution in [0.3, 0.4) is 0 Å². The lowest BCUT2D eigenvalue weighted by Gasteiger charge is -2.08. The Labute approximate surface area is 133 Å². The SMILES string of the molecule is Cc1ccc(CO)cc1NC(=O)c1cc(-c2ccccc2)on1. The highest BCUT2D eigenvalue weighted by Crippen LogP contribution is 2.21. The van der Waals surface area contributed by atoms with Gasteiger partial charge in [-0.15, -0.1) is 0 Å². The van der Waals surface area contributed by atoms with E-state index in [-0.39, 0.29) is 18.2 Å². The number of carbonyl (C=O) groups excluding carboxylic acids is 1. The topological polar surface area (TPSA) is 75.4 Å². The second kappa shape index (κ2) is 6.46. The first kappa shape index (κ1) is 15.0. The van der Waals surface area contributed by atoms with E-state index >= 15 is 0 Å². The quantitative estimate of drug-likeness (QED) is 0.774. The van der Waals surface area contributed by atoms with Crippen LogP contribution in [0.1, 0.15) is 21.6 Å². The number of nitrogens with one attached hydrogen (secondary N) is 1. The number of amides is 1. The van der Waals surface area contributed by atoms with E-state index in [9.17, 15) is 9.90 Å². The molecule has 23 heavy (non-hydrogen) atoms. The summed E-state index contributed by atoms with van der Waals surface area (Å²) in [6.07, 6.45) is 0. The number of nitrogens with zero attached hydrogens (tertiary/aromatic N) is 1. The zero-order chi connectivity index (χ0) is 16.2. The Morgan fingerprint density at radius 2 is 1.96 bits per heavy atom. The summed E-state index contributed by atoms with van der Waals surface area (Å²) >= 11 is 0. The molecule has 0 aliphatic carbocycles. The highest BCUT2D eigenvalue weighted by atomic mass is 16.5. The second-order valence-electron chi connectivity index (χ2n) is 5.20. The van der Waals surface area contributed by atoms with Gasteiger partial charge in [-0.2, -0.15) is 0 Å². The second-order valence-corrected chi connectivity index (χ2v) is 5.20. The molecule has 0 unspecified atom stereocenters. The number of rotatable bonds is 4. The Morgan fingerprint density at radius 1 is 1.17 bits per heavy atom. The van der Waals surface area contributed by atoms with Gasteiger partial charge in [0.25, 0.3) is 5.91 Å². The average molecular weight is 308 g/mol. The summed E-state index contributed by atoms with van der Waals surface area (Å²) in [5.41, 5.74) is 3.35. The van der Waals surface area contributed by atoms with Gasteiger partial charge in [0.05, 0.1) is 6.61 Å². The molecule has 0 spiro atoms. The molecule has 116 valence electrons. The Morgan fingerprint density at radius 3 is 2.70 bits per heavy atom. The number of benzene rings is 2. The van der Waals surface area contributed by atoms with Gasteiger partial charge in [0, 0.05) is 17.3 Å². The van der Waals surface area contributed by atoms with Crippen molar-refractivity contribution in [2.75, 3.05) is 5.32 Å². The highest BCUT2D eigenvalue weighted by Gasteiger charge is 2.14. The number of aliphatic hydroxyl groups excluding tert-OH is 1. The lowest BCUT2D eigenvalue weighted by molar-refractivity contribution is 0.101. The van der Waals surface area contributed by atoms with Crippen LogP contribution in [0.2, 0.25) is 0 Å². The largest absolute Gasteiger partial charge is 0.392 e. The van der Waals surface area contributed by atoms with E-state index in [2.05, 4.69) is 10.5 Å². The van der Waals surface area contributed by atoms with Crippen molar-refractivity contribution in [3.8, 4) is 11.3 Å². The van der Waals surface area contributed by atoms with Crippen LogP contribution in [0.25, 0.3) is 11.3 Å². The number of anilines is 1. The molecule has 2 aromatic carbocycles. The van der Waals surface area contributed by atoms with E-state index < -0.39 is 0 Å². The number of aliphatic hydroxyl groups is 1. The summed E-state index contributed by atoms with van der Waals surface area (Å²) in [4.78, 5) is 12.3. The van der Waals surface area contributed by atoms with Crippen LogP contribution in [0.5, 0.6) is 0 Å². The number of hydrogen-bond donors (Lipinski definition) is 2. The molecule has 1 amide bonds. The maximum absolute atomic E-state index is 12.3. The minimum atomic E-state index is -0.353. The third-order valence-electron chi connectivity index (χ3n) is 3.53. The fourth-order valence-corrected chi connectivity index (χ4v) is 2.21. The smallest absolute Gasteiger partial charge is 0.277 e. The number of aryl methyl sites for hydroxylation is 1. The molecule has 5 heteroatoms. The normalized spacial score (nSPS) is 10.5. The summed E-state index contributed by atoms with van der Waals surface area (Å²) < 4.78 is 5.23. The van der Waals surface area contributed by atoms with Gasteiger partial charge in [0.15, 0.2) is 11.5 Å². The van der Waals surface area contributed by atoms with Crippen LogP contribution >= 0.6 is 0 Å².